The Bertz CT molecular complexity index is 457. The highest BCUT2D eigenvalue weighted by molar-refractivity contribution is 7.89. The number of hydrogen-bond acceptors (Lipinski definition) is 6. The Hall–Kier alpha value is -0.960. The second-order valence-electron chi connectivity index (χ2n) is 3.94. The lowest BCUT2D eigenvalue weighted by Crippen LogP contribution is -2.39. The van der Waals surface area contributed by atoms with Crippen molar-refractivity contribution >= 4 is 10.0 Å². The van der Waals surface area contributed by atoms with Crippen molar-refractivity contribution in [1.82, 2.24) is 9.88 Å². The number of methoxy groups -OCH3 is 1. The number of ether oxygens (including phenoxy) is 1. The minimum absolute atomic E-state index is 0.0431. The van der Waals surface area contributed by atoms with Gasteiger partial charge in [0.05, 0.1) is 6.61 Å². The van der Waals surface area contributed by atoms with Crippen LogP contribution in [0.1, 0.15) is 17.9 Å². The van der Waals surface area contributed by atoms with Crippen molar-refractivity contribution in [2.24, 2.45) is 0 Å². The van der Waals surface area contributed by atoms with Crippen molar-refractivity contribution in [2.75, 3.05) is 20.3 Å². The molecule has 8 heteroatoms. The van der Waals surface area contributed by atoms with Crippen LogP contribution in [0.15, 0.2) is 9.42 Å². The van der Waals surface area contributed by atoms with E-state index >= 15 is 0 Å². The quantitative estimate of drug-likeness (QED) is 0.726. The van der Waals surface area contributed by atoms with Gasteiger partial charge in [-0.15, -0.1) is 0 Å². The molecule has 0 amide bonds. The molecule has 0 radical (unpaired) electrons. The molecule has 1 heterocycles. The zero-order chi connectivity index (χ0) is 13.8. The summed E-state index contributed by atoms with van der Waals surface area (Å²) < 4.78 is 36.5. The van der Waals surface area contributed by atoms with Crippen molar-refractivity contribution in [3.05, 3.63) is 11.5 Å². The average Bonchev–Trinajstić information content (AvgIpc) is 2.59. The smallest absolute Gasteiger partial charge is 0.246 e. The van der Waals surface area contributed by atoms with Crippen LogP contribution < -0.4 is 4.72 Å². The first-order valence-corrected chi connectivity index (χ1v) is 6.95. The molecule has 1 aromatic rings. The van der Waals surface area contributed by atoms with Crippen molar-refractivity contribution in [3.63, 3.8) is 0 Å². The van der Waals surface area contributed by atoms with E-state index in [1.807, 2.05) is 0 Å². The van der Waals surface area contributed by atoms with E-state index in [1.165, 1.54) is 14.0 Å². The number of aliphatic hydroxyl groups is 1. The molecule has 0 spiro atoms. The van der Waals surface area contributed by atoms with Gasteiger partial charge >= 0.3 is 0 Å². The number of sulfonamides is 1. The third-order valence-electron chi connectivity index (χ3n) is 2.40. The second-order valence-corrected chi connectivity index (χ2v) is 5.59. The number of nitrogens with zero attached hydrogens (tertiary/aromatic N) is 1. The lowest BCUT2D eigenvalue weighted by Gasteiger charge is -2.16. The van der Waals surface area contributed by atoms with Crippen molar-refractivity contribution < 1.29 is 22.8 Å². The molecule has 0 fully saturated rings. The molecule has 18 heavy (non-hydrogen) atoms. The number of rotatable bonds is 7. The molecule has 0 bridgehead atoms. The molecular formula is C10H18N2O5S. The molecular weight excluding hydrogens is 260 g/mol. The number of aromatic nitrogens is 1. The molecule has 0 aromatic carbocycles. The molecule has 1 unspecified atom stereocenters. The molecule has 7 nitrogen and oxygen atoms in total. The van der Waals surface area contributed by atoms with Crippen LogP contribution in [0.3, 0.4) is 0 Å². The fourth-order valence-electron chi connectivity index (χ4n) is 1.67. The molecule has 1 rings (SSSR count). The van der Waals surface area contributed by atoms with Gasteiger partial charge in [0, 0.05) is 19.8 Å². The lowest BCUT2D eigenvalue weighted by atomic mass is 10.2. The monoisotopic (exact) mass is 278 g/mol. The highest BCUT2D eigenvalue weighted by atomic mass is 32.2. The van der Waals surface area contributed by atoms with Crippen molar-refractivity contribution in [2.45, 2.75) is 31.2 Å². The number of aryl methyl sites for hydroxylation is 2. The summed E-state index contributed by atoms with van der Waals surface area (Å²) in [5.74, 6) is 0.236. The zero-order valence-electron chi connectivity index (χ0n) is 10.6. The summed E-state index contributed by atoms with van der Waals surface area (Å²) in [6, 6.07) is -0.487. The summed E-state index contributed by atoms with van der Waals surface area (Å²) in [7, 11) is -2.25. The Morgan fingerprint density at radius 2 is 2.17 bits per heavy atom. The molecule has 104 valence electrons. The highest BCUT2D eigenvalue weighted by Crippen LogP contribution is 2.19. The van der Waals surface area contributed by atoms with Gasteiger partial charge in [-0.3, -0.25) is 0 Å². The van der Waals surface area contributed by atoms with Gasteiger partial charge in [-0.2, -0.15) is 0 Å². The second kappa shape index (κ2) is 6.28. The lowest BCUT2D eigenvalue weighted by molar-refractivity contribution is 0.158. The Kier molecular flexibility index (Phi) is 5.27. The Morgan fingerprint density at radius 3 is 2.61 bits per heavy atom. The normalized spacial score (nSPS) is 13.8. The van der Waals surface area contributed by atoms with E-state index in [1.54, 1.807) is 6.92 Å². The summed E-state index contributed by atoms with van der Waals surface area (Å²) in [6.07, 6.45) is 0.274. The fourth-order valence-corrected chi connectivity index (χ4v) is 3.25. The Balaban J connectivity index is 2.93. The summed E-state index contributed by atoms with van der Waals surface area (Å²) >= 11 is 0. The molecule has 0 aliphatic heterocycles. The maximum Gasteiger partial charge on any atom is 0.246 e. The van der Waals surface area contributed by atoms with Gasteiger partial charge in [0.25, 0.3) is 0 Å². The maximum absolute atomic E-state index is 12.1. The highest BCUT2D eigenvalue weighted by Gasteiger charge is 2.26. The van der Waals surface area contributed by atoms with Gasteiger partial charge in [0.15, 0.2) is 5.76 Å². The van der Waals surface area contributed by atoms with E-state index in [9.17, 15) is 8.42 Å². The Labute approximate surface area is 106 Å². The van der Waals surface area contributed by atoms with Crippen molar-refractivity contribution in [3.8, 4) is 0 Å². The van der Waals surface area contributed by atoms with Crippen LogP contribution in [0, 0.1) is 13.8 Å². The molecule has 0 saturated carbocycles. The minimum atomic E-state index is -3.72. The molecule has 0 saturated heterocycles. The molecule has 1 aromatic heterocycles. The third kappa shape index (κ3) is 3.52. The Morgan fingerprint density at radius 1 is 1.50 bits per heavy atom. The van der Waals surface area contributed by atoms with Gasteiger partial charge in [-0.05, 0) is 20.3 Å². The van der Waals surface area contributed by atoms with Crippen LogP contribution in [0.2, 0.25) is 0 Å². The van der Waals surface area contributed by atoms with Crippen LogP contribution in [0.5, 0.6) is 0 Å². The van der Waals surface area contributed by atoms with Crippen molar-refractivity contribution in [1.29, 1.82) is 0 Å². The standard InChI is InChI=1S/C10H18N2O5S/c1-7-10(8(2)17-11-7)18(14,15)12-9(4-5-13)6-16-3/h9,12-13H,4-6H2,1-3H3. The van der Waals surface area contributed by atoms with E-state index in [0.717, 1.165) is 0 Å². The summed E-state index contributed by atoms with van der Waals surface area (Å²) in [5.41, 5.74) is 0.306. The van der Waals surface area contributed by atoms with E-state index in [0.29, 0.717) is 5.69 Å². The minimum Gasteiger partial charge on any atom is -0.396 e. The van der Waals surface area contributed by atoms with Gasteiger partial charge in [0.1, 0.15) is 10.6 Å². The summed E-state index contributed by atoms with van der Waals surface area (Å²) in [5, 5.41) is 12.5. The van der Waals surface area contributed by atoms with Gasteiger partial charge in [-0.25, -0.2) is 13.1 Å². The summed E-state index contributed by atoms with van der Waals surface area (Å²) in [6.45, 7) is 3.15. The molecule has 0 aliphatic rings. The first-order chi connectivity index (χ1) is 8.42. The van der Waals surface area contributed by atoms with Gasteiger partial charge < -0.3 is 14.4 Å². The van der Waals surface area contributed by atoms with E-state index in [2.05, 4.69) is 9.88 Å². The first kappa shape index (κ1) is 15.1. The maximum atomic E-state index is 12.1. The van der Waals surface area contributed by atoms with E-state index in [4.69, 9.17) is 14.4 Å². The zero-order valence-corrected chi connectivity index (χ0v) is 11.5. The van der Waals surface area contributed by atoms with Gasteiger partial charge in [0.2, 0.25) is 10.0 Å². The van der Waals surface area contributed by atoms with Crippen LogP contribution in [0.4, 0.5) is 0 Å². The molecule has 1 atom stereocenters. The number of hydrogen-bond donors (Lipinski definition) is 2. The SMILES string of the molecule is COCC(CCO)NS(=O)(=O)c1c(C)noc1C. The van der Waals surface area contributed by atoms with Crippen LogP contribution in [0.25, 0.3) is 0 Å². The fraction of sp³-hybridized carbons (Fsp3) is 0.700. The predicted molar refractivity (Wildman–Crippen MR) is 63.7 cm³/mol. The number of aliphatic hydroxyl groups excluding tert-OH is 1. The van der Waals surface area contributed by atoms with E-state index < -0.39 is 16.1 Å². The predicted octanol–water partition coefficient (Wildman–Crippen LogP) is -0.0329. The largest absolute Gasteiger partial charge is 0.396 e. The van der Waals surface area contributed by atoms with Crippen LogP contribution in [-0.2, 0) is 14.8 Å². The molecule has 2 N–H and O–H groups in total. The summed E-state index contributed by atoms with van der Waals surface area (Å²) in [4.78, 5) is 0.0431. The average molecular weight is 278 g/mol. The number of nitrogens with one attached hydrogen (secondary N) is 1. The van der Waals surface area contributed by atoms with E-state index in [-0.39, 0.29) is 30.3 Å². The third-order valence-corrected chi connectivity index (χ3v) is 4.17. The van der Waals surface area contributed by atoms with Crippen LogP contribution in [-0.4, -0.2) is 45.0 Å². The first-order valence-electron chi connectivity index (χ1n) is 5.47. The topological polar surface area (TPSA) is 102 Å². The van der Waals surface area contributed by atoms with Gasteiger partial charge in [-0.1, -0.05) is 5.16 Å². The molecule has 0 aliphatic carbocycles. The van der Waals surface area contributed by atoms with Crippen LogP contribution >= 0.6 is 0 Å².